The van der Waals surface area contributed by atoms with E-state index < -0.39 is 22.5 Å². The van der Waals surface area contributed by atoms with E-state index in [-0.39, 0.29) is 4.90 Å². The number of amides is 1. The van der Waals surface area contributed by atoms with Crippen LogP contribution in [0.5, 0.6) is 5.75 Å². The molecule has 0 bridgehead atoms. The second kappa shape index (κ2) is 9.87. The maximum atomic E-state index is 13.6. The van der Waals surface area contributed by atoms with Crippen molar-refractivity contribution in [1.29, 1.82) is 0 Å². The molecule has 0 radical (unpaired) electrons. The number of hydrogen-bond donors (Lipinski definition) is 1. The Balaban J connectivity index is 2.02. The molecule has 0 aliphatic rings. The predicted octanol–water partition coefficient (Wildman–Crippen LogP) is 4.84. The van der Waals surface area contributed by atoms with Crippen LogP contribution in [0.3, 0.4) is 0 Å². The number of carbonyl (C=O) groups is 1. The number of ether oxygens (including phenoxy) is 1. The molecular formula is C25H28N2O4S. The molecule has 0 spiro atoms. The van der Waals surface area contributed by atoms with Crippen LogP contribution in [0.15, 0.2) is 71.6 Å². The topological polar surface area (TPSA) is 75.7 Å². The van der Waals surface area contributed by atoms with Gasteiger partial charge in [-0.05, 0) is 69.2 Å². The van der Waals surface area contributed by atoms with Crippen LogP contribution in [0.25, 0.3) is 0 Å². The molecule has 3 aromatic rings. The fourth-order valence-corrected chi connectivity index (χ4v) is 4.72. The monoisotopic (exact) mass is 452 g/mol. The van der Waals surface area contributed by atoms with Crippen molar-refractivity contribution < 1.29 is 17.9 Å². The SMILES string of the molecule is CCOc1ccccc1N(CC(=O)Nc1cccc(C)c1C)S(=O)(=O)c1ccc(C)cc1. The van der Waals surface area contributed by atoms with Crippen LogP contribution >= 0.6 is 0 Å². The summed E-state index contributed by atoms with van der Waals surface area (Å²) in [6.45, 7) is 7.55. The average Bonchev–Trinajstić information content (AvgIpc) is 2.76. The van der Waals surface area contributed by atoms with E-state index in [4.69, 9.17) is 4.74 Å². The molecule has 3 rings (SSSR count). The Kier molecular flexibility index (Phi) is 7.20. The number of nitrogens with zero attached hydrogens (tertiary/aromatic N) is 1. The minimum Gasteiger partial charge on any atom is -0.492 e. The highest BCUT2D eigenvalue weighted by atomic mass is 32.2. The molecule has 0 fully saturated rings. The average molecular weight is 453 g/mol. The highest BCUT2D eigenvalue weighted by Crippen LogP contribution is 2.32. The van der Waals surface area contributed by atoms with Gasteiger partial charge in [-0.1, -0.05) is 42.0 Å². The minimum absolute atomic E-state index is 0.105. The Bertz CT molecular complexity index is 1200. The van der Waals surface area contributed by atoms with Crippen LogP contribution in [-0.4, -0.2) is 27.5 Å². The van der Waals surface area contributed by atoms with Gasteiger partial charge in [0.25, 0.3) is 10.0 Å². The van der Waals surface area contributed by atoms with E-state index >= 15 is 0 Å². The van der Waals surface area contributed by atoms with Crippen LogP contribution in [0.2, 0.25) is 0 Å². The van der Waals surface area contributed by atoms with Crippen molar-refractivity contribution in [3.63, 3.8) is 0 Å². The Morgan fingerprint density at radius 2 is 1.62 bits per heavy atom. The summed E-state index contributed by atoms with van der Waals surface area (Å²) in [4.78, 5) is 13.1. The molecule has 32 heavy (non-hydrogen) atoms. The lowest BCUT2D eigenvalue weighted by Gasteiger charge is -2.26. The van der Waals surface area contributed by atoms with Gasteiger partial charge in [0.2, 0.25) is 5.91 Å². The first kappa shape index (κ1) is 23.3. The van der Waals surface area contributed by atoms with E-state index in [2.05, 4.69) is 5.32 Å². The number of anilines is 2. The molecule has 0 unspecified atom stereocenters. The van der Waals surface area contributed by atoms with Gasteiger partial charge in [-0.2, -0.15) is 0 Å². The largest absolute Gasteiger partial charge is 0.492 e. The first-order valence-electron chi connectivity index (χ1n) is 10.4. The maximum Gasteiger partial charge on any atom is 0.264 e. The molecule has 1 amide bonds. The highest BCUT2D eigenvalue weighted by Gasteiger charge is 2.29. The van der Waals surface area contributed by atoms with Crippen LogP contribution in [0.4, 0.5) is 11.4 Å². The van der Waals surface area contributed by atoms with Gasteiger partial charge in [0, 0.05) is 5.69 Å². The van der Waals surface area contributed by atoms with Crippen molar-refractivity contribution in [3.8, 4) is 5.75 Å². The van der Waals surface area contributed by atoms with Crippen molar-refractivity contribution in [2.75, 3.05) is 22.8 Å². The second-order valence-corrected chi connectivity index (χ2v) is 9.38. The highest BCUT2D eigenvalue weighted by molar-refractivity contribution is 7.92. The van der Waals surface area contributed by atoms with Crippen molar-refractivity contribution in [3.05, 3.63) is 83.4 Å². The van der Waals surface area contributed by atoms with Gasteiger partial charge in [0.15, 0.2) is 0 Å². The van der Waals surface area contributed by atoms with Crippen LogP contribution in [0, 0.1) is 20.8 Å². The third kappa shape index (κ3) is 5.11. The summed E-state index contributed by atoms with van der Waals surface area (Å²) in [5.41, 5.74) is 3.88. The number of para-hydroxylation sites is 2. The molecule has 0 aromatic heterocycles. The number of carbonyl (C=O) groups excluding carboxylic acids is 1. The third-order valence-corrected chi connectivity index (χ3v) is 6.98. The molecular weight excluding hydrogens is 424 g/mol. The van der Waals surface area contributed by atoms with E-state index in [1.165, 1.54) is 0 Å². The number of hydrogen-bond acceptors (Lipinski definition) is 4. The summed E-state index contributed by atoms with van der Waals surface area (Å²) < 4.78 is 34.0. The summed E-state index contributed by atoms with van der Waals surface area (Å²) in [7, 11) is -4.02. The lowest BCUT2D eigenvalue weighted by molar-refractivity contribution is -0.114. The zero-order valence-electron chi connectivity index (χ0n) is 18.8. The molecule has 0 aliphatic heterocycles. The standard InChI is InChI=1S/C25H28N2O4S/c1-5-31-24-12-7-6-11-23(24)27(32(29,30)21-15-13-18(2)14-16-21)17-25(28)26-22-10-8-9-19(3)20(22)4/h6-16H,5,17H2,1-4H3,(H,26,28). The number of sulfonamides is 1. The van der Waals surface area contributed by atoms with Crippen molar-refractivity contribution >= 4 is 27.3 Å². The van der Waals surface area contributed by atoms with E-state index in [1.54, 1.807) is 54.6 Å². The fourth-order valence-electron chi connectivity index (χ4n) is 3.28. The normalized spacial score (nSPS) is 11.1. The molecule has 0 saturated carbocycles. The van der Waals surface area contributed by atoms with Gasteiger partial charge in [0.1, 0.15) is 12.3 Å². The second-order valence-electron chi connectivity index (χ2n) is 7.52. The Labute approximate surface area is 189 Å². The zero-order chi connectivity index (χ0) is 23.3. The van der Waals surface area contributed by atoms with Gasteiger partial charge in [-0.25, -0.2) is 8.42 Å². The number of rotatable bonds is 8. The smallest absolute Gasteiger partial charge is 0.264 e. The van der Waals surface area contributed by atoms with Crippen molar-refractivity contribution in [1.82, 2.24) is 0 Å². The lowest BCUT2D eigenvalue weighted by Crippen LogP contribution is -2.38. The molecule has 0 atom stereocenters. The quantitative estimate of drug-likeness (QED) is 0.530. The van der Waals surface area contributed by atoms with Gasteiger partial charge in [0.05, 0.1) is 17.2 Å². The molecule has 0 heterocycles. The Hall–Kier alpha value is -3.32. The molecule has 168 valence electrons. The van der Waals surface area contributed by atoms with Gasteiger partial charge in [-0.15, -0.1) is 0 Å². The first-order valence-corrected chi connectivity index (χ1v) is 11.9. The lowest BCUT2D eigenvalue weighted by atomic mass is 10.1. The predicted molar refractivity (Wildman–Crippen MR) is 128 cm³/mol. The molecule has 7 heteroatoms. The minimum atomic E-state index is -4.02. The maximum absolute atomic E-state index is 13.6. The van der Waals surface area contributed by atoms with Gasteiger partial charge < -0.3 is 10.1 Å². The van der Waals surface area contributed by atoms with E-state index in [0.29, 0.717) is 23.7 Å². The van der Waals surface area contributed by atoms with Gasteiger partial charge >= 0.3 is 0 Å². The number of benzene rings is 3. The Morgan fingerprint density at radius 1 is 0.938 bits per heavy atom. The van der Waals surface area contributed by atoms with E-state index in [0.717, 1.165) is 21.0 Å². The van der Waals surface area contributed by atoms with Crippen LogP contribution < -0.4 is 14.4 Å². The van der Waals surface area contributed by atoms with Crippen molar-refractivity contribution in [2.24, 2.45) is 0 Å². The van der Waals surface area contributed by atoms with E-state index in [9.17, 15) is 13.2 Å². The fraction of sp³-hybridized carbons (Fsp3) is 0.240. The summed E-state index contributed by atoms with van der Waals surface area (Å²) >= 11 is 0. The third-order valence-electron chi connectivity index (χ3n) is 5.21. The molecule has 3 aromatic carbocycles. The summed E-state index contributed by atoms with van der Waals surface area (Å²) in [6.07, 6.45) is 0. The molecule has 1 N–H and O–H groups in total. The van der Waals surface area contributed by atoms with E-state index in [1.807, 2.05) is 39.8 Å². The first-order chi connectivity index (χ1) is 15.2. The Morgan fingerprint density at radius 3 is 2.31 bits per heavy atom. The summed E-state index contributed by atoms with van der Waals surface area (Å²) in [5, 5.41) is 2.85. The van der Waals surface area contributed by atoms with Crippen molar-refractivity contribution in [2.45, 2.75) is 32.6 Å². The summed E-state index contributed by atoms with van der Waals surface area (Å²) in [5.74, 6) is -0.0501. The number of nitrogens with one attached hydrogen (secondary N) is 1. The molecule has 0 aliphatic carbocycles. The molecule has 6 nitrogen and oxygen atoms in total. The van der Waals surface area contributed by atoms with Crippen LogP contribution in [0.1, 0.15) is 23.6 Å². The zero-order valence-corrected chi connectivity index (χ0v) is 19.6. The molecule has 0 saturated heterocycles. The number of aryl methyl sites for hydroxylation is 2. The summed E-state index contributed by atoms with van der Waals surface area (Å²) in [6, 6.07) is 19.0. The van der Waals surface area contributed by atoms with Gasteiger partial charge in [-0.3, -0.25) is 9.10 Å². The van der Waals surface area contributed by atoms with Crippen LogP contribution in [-0.2, 0) is 14.8 Å².